The minimum atomic E-state index is -1.51. The predicted octanol–water partition coefficient (Wildman–Crippen LogP) is 5.13. The molecule has 0 fully saturated rings. The van der Waals surface area contributed by atoms with Crippen LogP contribution in [0.5, 0.6) is 0 Å². The molecule has 0 heterocycles. The van der Waals surface area contributed by atoms with Gasteiger partial charge in [0.05, 0.1) is 5.02 Å². The van der Waals surface area contributed by atoms with Crippen LogP contribution in [-0.4, -0.2) is 0 Å². The molecule has 72 valence electrons. The molecule has 0 amide bonds. The molecule has 0 radical (unpaired) electrons. The molecule has 0 bridgehead atoms. The second kappa shape index (κ2) is 4.04. The Morgan fingerprint density at radius 2 is 1.62 bits per heavy atom. The van der Waals surface area contributed by atoms with Gasteiger partial charge in [0.15, 0.2) is 0 Å². The van der Waals surface area contributed by atoms with Gasteiger partial charge >= 0.3 is 0 Å². The summed E-state index contributed by atoms with van der Waals surface area (Å²) in [6.07, 6.45) is 0. The molecule has 0 aliphatic carbocycles. The Bertz CT molecular complexity index is 326. The molecule has 0 saturated heterocycles. The number of benzene rings is 1. The second-order valence-electron chi connectivity index (χ2n) is 2.53. The van der Waals surface area contributed by atoms with E-state index in [9.17, 15) is 0 Å². The van der Waals surface area contributed by atoms with Gasteiger partial charge < -0.3 is 0 Å². The molecular formula is C8H5Cl5. The Morgan fingerprint density at radius 3 is 2.08 bits per heavy atom. The molecular weight excluding hydrogens is 273 g/mol. The van der Waals surface area contributed by atoms with Crippen LogP contribution in [0.25, 0.3) is 0 Å². The van der Waals surface area contributed by atoms with Gasteiger partial charge in [0.25, 0.3) is 0 Å². The summed E-state index contributed by atoms with van der Waals surface area (Å²) in [4.78, 5) is 0. The number of hydrogen-bond acceptors (Lipinski definition) is 0. The van der Waals surface area contributed by atoms with Gasteiger partial charge in [-0.3, -0.25) is 0 Å². The Morgan fingerprint density at radius 1 is 1.08 bits per heavy atom. The normalized spacial score (nSPS) is 11.8. The maximum atomic E-state index is 5.95. The third-order valence-electron chi connectivity index (χ3n) is 1.63. The Labute approximate surface area is 102 Å². The van der Waals surface area contributed by atoms with E-state index in [2.05, 4.69) is 0 Å². The summed E-state index contributed by atoms with van der Waals surface area (Å²) in [6.45, 7) is 1.77. The summed E-state index contributed by atoms with van der Waals surface area (Å²) in [6, 6.07) is 3.25. The van der Waals surface area contributed by atoms with E-state index in [4.69, 9.17) is 58.0 Å². The first-order chi connectivity index (χ1) is 5.84. The lowest BCUT2D eigenvalue weighted by atomic mass is 10.1. The smallest absolute Gasteiger partial charge is 0.0840 e. The van der Waals surface area contributed by atoms with Crippen LogP contribution in [0.2, 0.25) is 10.0 Å². The van der Waals surface area contributed by atoms with Crippen molar-refractivity contribution in [2.45, 2.75) is 10.7 Å². The van der Waals surface area contributed by atoms with Gasteiger partial charge in [-0.05, 0) is 18.6 Å². The number of rotatable bonds is 0. The minimum absolute atomic E-state index is 0.396. The molecule has 0 aliphatic rings. The molecule has 0 N–H and O–H groups in total. The van der Waals surface area contributed by atoms with Gasteiger partial charge in [-0.2, -0.15) is 0 Å². The highest BCUT2D eigenvalue weighted by Gasteiger charge is 2.26. The van der Waals surface area contributed by atoms with Crippen molar-refractivity contribution in [3.8, 4) is 0 Å². The third-order valence-corrected chi connectivity index (χ3v) is 3.13. The molecule has 1 rings (SSSR count). The first-order valence-electron chi connectivity index (χ1n) is 3.36. The quantitative estimate of drug-likeness (QED) is 0.577. The molecule has 13 heavy (non-hydrogen) atoms. The fourth-order valence-corrected chi connectivity index (χ4v) is 2.01. The maximum absolute atomic E-state index is 5.95. The fourth-order valence-electron chi connectivity index (χ4n) is 0.880. The zero-order valence-corrected chi connectivity index (χ0v) is 10.3. The standard InChI is InChI=1S/C8H5Cl5/c1-4-6(9)3-2-5(7(4)10)8(11,12)13/h2-3H,1H3. The largest absolute Gasteiger partial charge is 0.217 e. The number of alkyl halides is 3. The summed E-state index contributed by atoms with van der Waals surface area (Å²) in [5.41, 5.74) is 1.16. The van der Waals surface area contributed by atoms with Crippen molar-refractivity contribution in [1.29, 1.82) is 0 Å². The first kappa shape index (κ1) is 11.7. The molecule has 0 atom stereocenters. The Balaban J connectivity index is 3.35. The van der Waals surface area contributed by atoms with Crippen LogP contribution < -0.4 is 0 Å². The van der Waals surface area contributed by atoms with Crippen LogP contribution in [0.1, 0.15) is 11.1 Å². The van der Waals surface area contributed by atoms with Crippen LogP contribution >= 0.6 is 58.0 Å². The second-order valence-corrected chi connectivity index (χ2v) is 5.60. The van der Waals surface area contributed by atoms with Crippen LogP contribution in [-0.2, 0) is 3.79 Å². The minimum Gasteiger partial charge on any atom is -0.0840 e. The monoisotopic (exact) mass is 276 g/mol. The summed E-state index contributed by atoms with van der Waals surface area (Å²) in [7, 11) is 0. The summed E-state index contributed by atoms with van der Waals surface area (Å²) >= 11 is 28.8. The molecule has 0 saturated carbocycles. The van der Waals surface area contributed by atoms with Crippen molar-refractivity contribution in [2.24, 2.45) is 0 Å². The Kier molecular flexibility index (Phi) is 3.65. The van der Waals surface area contributed by atoms with E-state index in [-0.39, 0.29) is 0 Å². The van der Waals surface area contributed by atoms with Crippen molar-refractivity contribution < 1.29 is 0 Å². The first-order valence-corrected chi connectivity index (χ1v) is 5.25. The maximum Gasteiger partial charge on any atom is 0.217 e. The average molecular weight is 278 g/mol. The van der Waals surface area contributed by atoms with E-state index in [1.54, 1.807) is 19.1 Å². The zero-order valence-electron chi connectivity index (χ0n) is 6.54. The van der Waals surface area contributed by atoms with Gasteiger partial charge in [-0.1, -0.05) is 64.1 Å². The van der Waals surface area contributed by atoms with E-state index in [1.807, 2.05) is 0 Å². The highest BCUT2D eigenvalue weighted by molar-refractivity contribution is 6.67. The highest BCUT2D eigenvalue weighted by atomic mass is 35.6. The van der Waals surface area contributed by atoms with Crippen molar-refractivity contribution >= 4 is 58.0 Å². The van der Waals surface area contributed by atoms with E-state index in [1.165, 1.54) is 0 Å². The van der Waals surface area contributed by atoms with Gasteiger partial charge in [-0.15, -0.1) is 0 Å². The number of halogens is 5. The Hall–Kier alpha value is 0.670. The summed E-state index contributed by atoms with van der Waals surface area (Å²) in [5.74, 6) is 0. The van der Waals surface area contributed by atoms with Crippen LogP contribution in [0.3, 0.4) is 0 Å². The molecule has 1 aromatic carbocycles. The lowest BCUT2D eigenvalue weighted by molar-refractivity contribution is 1.22. The van der Waals surface area contributed by atoms with E-state index < -0.39 is 3.79 Å². The van der Waals surface area contributed by atoms with Crippen molar-refractivity contribution in [2.75, 3.05) is 0 Å². The molecule has 0 aromatic heterocycles. The predicted molar refractivity (Wildman–Crippen MR) is 60.4 cm³/mol. The van der Waals surface area contributed by atoms with Crippen molar-refractivity contribution in [1.82, 2.24) is 0 Å². The molecule has 0 spiro atoms. The molecule has 0 unspecified atom stereocenters. The average Bonchev–Trinajstić information content (AvgIpc) is 1.98. The molecule has 5 heteroatoms. The zero-order chi connectivity index (χ0) is 10.2. The fraction of sp³-hybridized carbons (Fsp3) is 0.250. The third kappa shape index (κ3) is 2.57. The van der Waals surface area contributed by atoms with Gasteiger partial charge in [0.2, 0.25) is 3.79 Å². The topological polar surface area (TPSA) is 0 Å². The van der Waals surface area contributed by atoms with E-state index in [0.29, 0.717) is 21.2 Å². The molecule has 0 aliphatic heterocycles. The highest BCUT2D eigenvalue weighted by Crippen LogP contribution is 2.43. The van der Waals surface area contributed by atoms with Crippen LogP contribution in [0.4, 0.5) is 0 Å². The lowest BCUT2D eigenvalue weighted by Crippen LogP contribution is -2.02. The summed E-state index contributed by atoms with van der Waals surface area (Å²) < 4.78 is -1.51. The van der Waals surface area contributed by atoms with Crippen LogP contribution in [0, 0.1) is 6.92 Å². The van der Waals surface area contributed by atoms with Gasteiger partial charge in [0, 0.05) is 10.6 Å². The summed E-state index contributed by atoms with van der Waals surface area (Å²) in [5, 5.41) is 0.954. The SMILES string of the molecule is Cc1c(Cl)ccc(C(Cl)(Cl)Cl)c1Cl. The van der Waals surface area contributed by atoms with Gasteiger partial charge in [0.1, 0.15) is 0 Å². The van der Waals surface area contributed by atoms with Crippen molar-refractivity contribution in [3.05, 3.63) is 33.3 Å². The van der Waals surface area contributed by atoms with Crippen LogP contribution in [0.15, 0.2) is 12.1 Å². The molecule has 1 aromatic rings. The van der Waals surface area contributed by atoms with Gasteiger partial charge in [-0.25, -0.2) is 0 Å². The number of hydrogen-bond donors (Lipinski definition) is 0. The lowest BCUT2D eigenvalue weighted by Gasteiger charge is -2.15. The van der Waals surface area contributed by atoms with E-state index >= 15 is 0 Å². The van der Waals surface area contributed by atoms with E-state index in [0.717, 1.165) is 0 Å². The molecule has 0 nitrogen and oxygen atoms in total. The van der Waals surface area contributed by atoms with Crippen molar-refractivity contribution in [3.63, 3.8) is 0 Å².